The third-order valence-electron chi connectivity index (χ3n) is 2.71. The summed E-state index contributed by atoms with van der Waals surface area (Å²) in [5.74, 6) is 0.536. The van der Waals surface area contributed by atoms with Gasteiger partial charge in [0.15, 0.2) is 5.88 Å². The van der Waals surface area contributed by atoms with E-state index in [1.165, 1.54) is 6.08 Å². The molecule has 1 aliphatic rings. The molecule has 0 spiro atoms. The molecule has 19 heavy (non-hydrogen) atoms. The van der Waals surface area contributed by atoms with Crippen LogP contribution in [0.2, 0.25) is 0 Å². The first-order chi connectivity index (χ1) is 9.04. The number of carbonyl (C=O) groups excluding carboxylic acids is 1. The van der Waals surface area contributed by atoms with Crippen molar-refractivity contribution in [1.29, 1.82) is 5.26 Å². The van der Waals surface area contributed by atoms with Crippen LogP contribution in [0.15, 0.2) is 23.6 Å². The fourth-order valence-electron chi connectivity index (χ4n) is 1.45. The maximum atomic E-state index is 11.6. The maximum Gasteiger partial charge on any atom is 0.348 e. The Bertz CT molecular complexity index is 419. The summed E-state index contributed by atoms with van der Waals surface area (Å²) in [6.45, 7) is 5.86. The van der Waals surface area contributed by atoms with Crippen LogP contribution < -0.4 is 0 Å². The van der Waals surface area contributed by atoms with E-state index in [9.17, 15) is 4.79 Å². The number of esters is 1. The van der Waals surface area contributed by atoms with Gasteiger partial charge in [-0.1, -0.05) is 13.8 Å². The molecular formula is C14H20N2O3. The molecule has 1 fully saturated rings. The van der Waals surface area contributed by atoms with E-state index in [1.54, 1.807) is 6.08 Å². The maximum absolute atomic E-state index is 11.6. The monoisotopic (exact) mass is 264 g/mol. The molecule has 5 heteroatoms. The van der Waals surface area contributed by atoms with Gasteiger partial charge in [-0.25, -0.2) is 4.79 Å². The Morgan fingerprint density at radius 2 is 2.37 bits per heavy atom. The van der Waals surface area contributed by atoms with Crippen LogP contribution in [-0.4, -0.2) is 37.7 Å². The molecule has 0 aliphatic carbocycles. The summed E-state index contributed by atoms with van der Waals surface area (Å²) in [5, 5.41) is 8.94. The highest BCUT2D eigenvalue weighted by Crippen LogP contribution is 2.11. The summed E-state index contributed by atoms with van der Waals surface area (Å²) in [5.41, 5.74) is -0.0137. The molecule has 0 aromatic carbocycles. The largest absolute Gasteiger partial charge is 0.477 e. The highest BCUT2D eigenvalue weighted by Gasteiger charge is 2.14. The molecule has 0 radical (unpaired) electrons. The van der Waals surface area contributed by atoms with Crippen molar-refractivity contribution in [2.24, 2.45) is 5.92 Å². The summed E-state index contributed by atoms with van der Waals surface area (Å²) >= 11 is 0. The van der Waals surface area contributed by atoms with Crippen LogP contribution in [-0.2, 0) is 14.3 Å². The average Bonchev–Trinajstić information content (AvgIpc) is 2.75. The number of carbonyl (C=O) groups is 1. The molecule has 0 atom stereocenters. The predicted octanol–water partition coefficient (Wildman–Crippen LogP) is 1.83. The van der Waals surface area contributed by atoms with Crippen molar-refractivity contribution in [1.82, 2.24) is 4.90 Å². The summed E-state index contributed by atoms with van der Waals surface area (Å²) in [6.07, 6.45) is 3.85. The average molecular weight is 264 g/mol. The van der Waals surface area contributed by atoms with E-state index in [2.05, 4.69) is 0 Å². The number of likely N-dealkylation sites (N-methyl/N-ethyl adjacent to an activating group) is 1. The molecule has 1 heterocycles. The van der Waals surface area contributed by atoms with Gasteiger partial charge in [-0.3, -0.25) is 0 Å². The second kappa shape index (κ2) is 7.47. The van der Waals surface area contributed by atoms with Crippen LogP contribution >= 0.6 is 0 Å². The third-order valence-corrected chi connectivity index (χ3v) is 2.71. The molecule has 5 nitrogen and oxygen atoms in total. The van der Waals surface area contributed by atoms with Crippen molar-refractivity contribution < 1.29 is 14.3 Å². The molecule has 0 saturated carbocycles. The van der Waals surface area contributed by atoms with Gasteiger partial charge >= 0.3 is 5.97 Å². The Morgan fingerprint density at radius 1 is 1.63 bits per heavy atom. The van der Waals surface area contributed by atoms with Gasteiger partial charge in [0.25, 0.3) is 0 Å². The van der Waals surface area contributed by atoms with Gasteiger partial charge < -0.3 is 14.4 Å². The Balaban J connectivity index is 2.57. The van der Waals surface area contributed by atoms with Crippen LogP contribution in [0.1, 0.15) is 20.3 Å². The van der Waals surface area contributed by atoms with E-state index < -0.39 is 5.97 Å². The van der Waals surface area contributed by atoms with Crippen LogP contribution in [0.25, 0.3) is 0 Å². The molecule has 1 aliphatic heterocycles. The van der Waals surface area contributed by atoms with Gasteiger partial charge in [0.1, 0.15) is 18.2 Å². The standard InChI is InChI=1S/C14H20N2O3/c1-11(2)6-8-19-14(17)12(10-15)4-5-13-16(3)7-9-18-13/h4-5,11H,6-9H2,1-3H3. The molecule has 1 rings (SSSR count). The van der Waals surface area contributed by atoms with E-state index in [-0.39, 0.29) is 5.57 Å². The fraction of sp³-hybridized carbons (Fsp3) is 0.571. The topological polar surface area (TPSA) is 62.6 Å². The zero-order valence-electron chi connectivity index (χ0n) is 11.7. The van der Waals surface area contributed by atoms with Crippen molar-refractivity contribution in [3.05, 3.63) is 23.6 Å². The number of ether oxygens (including phenoxy) is 2. The molecule has 0 aromatic rings. The number of nitriles is 1. The lowest BCUT2D eigenvalue weighted by Gasteiger charge is -2.08. The van der Waals surface area contributed by atoms with Gasteiger partial charge in [-0.15, -0.1) is 0 Å². The Kier molecular flexibility index (Phi) is 5.94. The second-order valence-electron chi connectivity index (χ2n) is 4.79. The minimum Gasteiger partial charge on any atom is -0.477 e. The Morgan fingerprint density at radius 3 is 2.89 bits per heavy atom. The quantitative estimate of drug-likeness (QED) is 0.430. The molecule has 104 valence electrons. The van der Waals surface area contributed by atoms with Crippen molar-refractivity contribution in [2.75, 3.05) is 26.8 Å². The van der Waals surface area contributed by atoms with E-state index >= 15 is 0 Å². The summed E-state index contributed by atoms with van der Waals surface area (Å²) < 4.78 is 10.4. The van der Waals surface area contributed by atoms with Gasteiger partial charge in [-0.05, 0) is 24.5 Å². The minimum atomic E-state index is -0.583. The van der Waals surface area contributed by atoms with E-state index in [0.717, 1.165) is 13.0 Å². The van der Waals surface area contributed by atoms with Crippen molar-refractivity contribution in [3.8, 4) is 6.07 Å². The number of allylic oxidation sites excluding steroid dienone is 2. The summed E-state index contributed by atoms with van der Waals surface area (Å²) in [6, 6.07) is 1.85. The fourth-order valence-corrected chi connectivity index (χ4v) is 1.45. The first kappa shape index (κ1) is 15.1. The van der Waals surface area contributed by atoms with Crippen LogP contribution in [0, 0.1) is 17.2 Å². The van der Waals surface area contributed by atoms with E-state index in [4.69, 9.17) is 14.7 Å². The lowest BCUT2D eigenvalue weighted by molar-refractivity contribution is -0.138. The van der Waals surface area contributed by atoms with Crippen molar-refractivity contribution in [3.63, 3.8) is 0 Å². The zero-order chi connectivity index (χ0) is 14.3. The first-order valence-corrected chi connectivity index (χ1v) is 6.37. The van der Waals surface area contributed by atoms with Crippen LogP contribution in [0.3, 0.4) is 0 Å². The number of rotatable bonds is 5. The lowest BCUT2D eigenvalue weighted by atomic mass is 10.1. The zero-order valence-corrected chi connectivity index (χ0v) is 11.7. The molecule has 0 aromatic heterocycles. The Labute approximate surface area is 114 Å². The van der Waals surface area contributed by atoms with Crippen LogP contribution in [0.5, 0.6) is 0 Å². The van der Waals surface area contributed by atoms with Crippen molar-refractivity contribution >= 4 is 5.97 Å². The molecule has 0 N–H and O–H groups in total. The van der Waals surface area contributed by atoms with Crippen molar-refractivity contribution in [2.45, 2.75) is 20.3 Å². The third kappa shape index (κ3) is 5.04. The van der Waals surface area contributed by atoms with E-state index in [1.807, 2.05) is 31.9 Å². The van der Waals surface area contributed by atoms with Gasteiger partial charge in [0.05, 0.1) is 13.2 Å². The lowest BCUT2D eigenvalue weighted by Crippen LogP contribution is -2.11. The number of hydrogen-bond donors (Lipinski definition) is 0. The smallest absolute Gasteiger partial charge is 0.348 e. The molecule has 0 bridgehead atoms. The second-order valence-corrected chi connectivity index (χ2v) is 4.79. The Hall–Kier alpha value is -1.96. The normalized spacial score (nSPS) is 17.5. The molecule has 1 saturated heterocycles. The highest BCUT2D eigenvalue weighted by atomic mass is 16.5. The van der Waals surface area contributed by atoms with E-state index in [0.29, 0.717) is 25.0 Å². The van der Waals surface area contributed by atoms with Crippen LogP contribution in [0.4, 0.5) is 0 Å². The van der Waals surface area contributed by atoms with Gasteiger partial charge in [-0.2, -0.15) is 5.26 Å². The first-order valence-electron chi connectivity index (χ1n) is 6.37. The highest BCUT2D eigenvalue weighted by molar-refractivity contribution is 5.93. The summed E-state index contributed by atoms with van der Waals surface area (Å²) in [4.78, 5) is 13.6. The summed E-state index contributed by atoms with van der Waals surface area (Å²) in [7, 11) is 1.89. The number of nitrogens with zero attached hydrogens (tertiary/aromatic N) is 2. The SMILES string of the molecule is CC(C)CCOC(=O)C(C#N)=CC=C1OCCN1C. The minimum absolute atomic E-state index is 0.0137. The molecular weight excluding hydrogens is 244 g/mol. The van der Waals surface area contributed by atoms with Gasteiger partial charge in [0, 0.05) is 7.05 Å². The molecule has 0 amide bonds. The molecule has 0 unspecified atom stereocenters. The number of hydrogen-bond acceptors (Lipinski definition) is 5. The predicted molar refractivity (Wildman–Crippen MR) is 70.8 cm³/mol. The van der Waals surface area contributed by atoms with Gasteiger partial charge in [0.2, 0.25) is 0 Å².